The summed E-state index contributed by atoms with van der Waals surface area (Å²) in [4.78, 5) is 28.3. The minimum Gasteiger partial charge on any atom is -0.493 e. The zero-order valence-corrected chi connectivity index (χ0v) is 18.9. The summed E-state index contributed by atoms with van der Waals surface area (Å²) in [6.45, 7) is 4.91. The van der Waals surface area contributed by atoms with Gasteiger partial charge in [-0.3, -0.25) is 14.5 Å². The Morgan fingerprint density at radius 1 is 0.938 bits per heavy atom. The van der Waals surface area contributed by atoms with E-state index in [1.54, 1.807) is 12.1 Å². The van der Waals surface area contributed by atoms with Crippen LogP contribution in [0.4, 0.5) is 0 Å². The molecule has 2 heterocycles. The normalized spacial score (nSPS) is 14.0. The third-order valence-corrected chi connectivity index (χ3v) is 6.12. The highest BCUT2D eigenvalue weighted by Gasteiger charge is 2.39. The minimum atomic E-state index is -0.308. The van der Waals surface area contributed by atoms with Crippen LogP contribution >= 0.6 is 11.8 Å². The lowest BCUT2D eigenvalue weighted by molar-refractivity contribution is -0.137. The fourth-order valence-corrected chi connectivity index (χ4v) is 4.44. The average molecular weight is 448 g/mol. The maximum atomic E-state index is 13.3. The van der Waals surface area contributed by atoms with Gasteiger partial charge in [0.2, 0.25) is 0 Å². The van der Waals surface area contributed by atoms with Crippen molar-refractivity contribution in [3.05, 3.63) is 94.8 Å². The Balaban J connectivity index is 1.62. The SMILES string of the molecule is CC(C)COc1ccc(C2=C(SCc3ccccc3)C(=O)N(Cc3ccco3)C2=O)cc1. The molecule has 3 aromatic rings. The number of imide groups is 1. The molecule has 2 amide bonds. The minimum absolute atomic E-state index is 0.110. The quantitative estimate of drug-likeness (QED) is 0.404. The Morgan fingerprint density at radius 2 is 1.69 bits per heavy atom. The highest BCUT2D eigenvalue weighted by Crippen LogP contribution is 2.38. The molecule has 0 saturated carbocycles. The van der Waals surface area contributed by atoms with Crippen molar-refractivity contribution >= 4 is 29.1 Å². The molecular formula is C26H25NO4S. The van der Waals surface area contributed by atoms with E-state index in [-0.39, 0.29) is 18.4 Å². The van der Waals surface area contributed by atoms with Crippen LogP contribution in [0.2, 0.25) is 0 Å². The second-order valence-electron chi connectivity index (χ2n) is 7.98. The molecule has 0 radical (unpaired) electrons. The van der Waals surface area contributed by atoms with Crippen LogP contribution in [-0.4, -0.2) is 23.3 Å². The zero-order valence-electron chi connectivity index (χ0n) is 18.1. The van der Waals surface area contributed by atoms with Crippen molar-refractivity contribution < 1.29 is 18.7 Å². The second kappa shape index (κ2) is 9.92. The predicted octanol–water partition coefficient (Wildman–Crippen LogP) is 5.53. The molecule has 32 heavy (non-hydrogen) atoms. The first-order valence-electron chi connectivity index (χ1n) is 10.6. The number of carbonyl (C=O) groups is 2. The monoisotopic (exact) mass is 447 g/mol. The van der Waals surface area contributed by atoms with E-state index >= 15 is 0 Å². The number of hydrogen-bond acceptors (Lipinski definition) is 5. The van der Waals surface area contributed by atoms with E-state index in [4.69, 9.17) is 9.15 Å². The molecule has 1 aromatic heterocycles. The van der Waals surface area contributed by atoms with Crippen molar-refractivity contribution in [2.24, 2.45) is 5.92 Å². The summed E-state index contributed by atoms with van der Waals surface area (Å²) >= 11 is 1.39. The summed E-state index contributed by atoms with van der Waals surface area (Å²) in [7, 11) is 0. The third kappa shape index (κ3) is 4.97. The van der Waals surface area contributed by atoms with Crippen LogP contribution in [0, 0.1) is 5.92 Å². The zero-order chi connectivity index (χ0) is 22.5. The largest absolute Gasteiger partial charge is 0.493 e. The lowest BCUT2D eigenvalue weighted by Gasteiger charge is -2.13. The molecule has 6 heteroatoms. The van der Waals surface area contributed by atoms with E-state index in [1.165, 1.54) is 22.9 Å². The summed E-state index contributed by atoms with van der Waals surface area (Å²) in [6, 6.07) is 20.8. The Hall–Kier alpha value is -3.25. The summed E-state index contributed by atoms with van der Waals surface area (Å²) < 4.78 is 11.1. The molecule has 1 aliphatic heterocycles. The van der Waals surface area contributed by atoms with E-state index < -0.39 is 0 Å². The van der Waals surface area contributed by atoms with Crippen molar-refractivity contribution in [2.75, 3.05) is 6.61 Å². The predicted molar refractivity (Wildman–Crippen MR) is 126 cm³/mol. The summed E-state index contributed by atoms with van der Waals surface area (Å²) in [5.41, 5.74) is 2.22. The lowest BCUT2D eigenvalue weighted by atomic mass is 10.1. The number of amides is 2. The molecule has 5 nitrogen and oxygen atoms in total. The Bertz CT molecular complexity index is 1100. The summed E-state index contributed by atoms with van der Waals surface area (Å²) in [6.07, 6.45) is 1.54. The number of benzene rings is 2. The molecule has 4 rings (SSSR count). The van der Waals surface area contributed by atoms with Gasteiger partial charge < -0.3 is 9.15 Å². The van der Waals surface area contributed by atoms with Crippen LogP contribution in [-0.2, 0) is 21.9 Å². The van der Waals surface area contributed by atoms with Gasteiger partial charge >= 0.3 is 0 Å². The van der Waals surface area contributed by atoms with Gasteiger partial charge in [-0.05, 0) is 41.3 Å². The lowest BCUT2D eigenvalue weighted by Crippen LogP contribution is -2.30. The average Bonchev–Trinajstić information content (AvgIpc) is 3.40. The molecule has 0 spiro atoms. The van der Waals surface area contributed by atoms with Gasteiger partial charge in [-0.25, -0.2) is 0 Å². The molecular weight excluding hydrogens is 422 g/mol. The molecule has 164 valence electrons. The number of nitrogens with zero attached hydrogens (tertiary/aromatic N) is 1. The molecule has 0 saturated heterocycles. The fourth-order valence-electron chi connectivity index (χ4n) is 3.35. The molecule has 0 bridgehead atoms. The van der Waals surface area contributed by atoms with Crippen molar-refractivity contribution in [3.8, 4) is 5.75 Å². The molecule has 0 fully saturated rings. The van der Waals surface area contributed by atoms with Crippen LogP contribution in [0.3, 0.4) is 0 Å². The standard InChI is InChI=1S/C26H25NO4S/c1-18(2)16-31-21-12-10-20(11-13-21)23-24(32-17-19-7-4-3-5-8-19)26(29)27(25(23)28)15-22-9-6-14-30-22/h3-14,18H,15-17H2,1-2H3. The molecule has 2 aromatic carbocycles. The Labute approximate surface area is 192 Å². The van der Waals surface area contributed by atoms with Gasteiger partial charge in [-0.1, -0.05) is 56.3 Å². The fraction of sp³-hybridized carbons (Fsp3) is 0.231. The van der Waals surface area contributed by atoms with Crippen molar-refractivity contribution in [2.45, 2.75) is 26.1 Å². The van der Waals surface area contributed by atoms with Gasteiger partial charge in [0, 0.05) is 5.75 Å². The molecule has 1 aliphatic rings. The number of rotatable bonds is 9. The first-order chi connectivity index (χ1) is 15.5. The second-order valence-corrected chi connectivity index (χ2v) is 8.97. The number of carbonyl (C=O) groups excluding carboxylic acids is 2. The summed E-state index contributed by atoms with van der Waals surface area (Å²) in [5.74, 6) is 1.73. The van der Waals surface area contributed by atoms with Crippen molar-refractivity contribution in [1.82, 2.24) is 4.90 Å². The highest BCUT2D eigenvalue weighted by molar-refractivity contribution is 8.03. The Morgan fingerprint density at radius 3 is 2.34 bits per heavy atom. The van der Waals surface area contributed by atoms with Crippen molar-refractivity contribution in [3.63, 3.8) is 0 Å². The van der Waals surface area contributed by atoms with Gasteiger partial charge in [0.25, 0.3) is 11.8 Å². The van der Waals surface area contributed by atoms with Gasteiger partial charge in [0.15, 0.2) is 0 Å². The first kappa shape index (κ1) is 22.0. The highest BCUT2D eigenvalue weighted by atomic mass is 32.2. The molecule has 0 unspecified atom stereocenters. The molecule has 0 N–H and O–H groups in total. The van der Waals surface area contributed by atoms with Gasteiger partial charge in [0.1, 0.15) is 11.5 Å². The van der Waals surface area contributed by atoms with E-state index in [1.807, 2.05) is 54.6 Å². The maximum Gasteiger partial charge on any atom is 0.268 e. The molecule has 0 aliphatic carbocycles. The number of ether oxygens (including phenoxy) is 1. The van der Waals surface area contributed by atoms with E-state index in [2.05, 4.69) is 13.8 Å². The van der Waals surface area contributed by atoms with E-state index in [0.717, 1.165) is 11.3 Å². The van der Waals surface area contributed by atoms with Crippen LogP contribution < -0.4 is 4.74 Å². The number of hydrogen-bond donors (Lipinski definition) is 0. The Kier molecular flexibility index (Phi) is 6.81. The molecule has 0 atom stereocenters. The smallest absolute Gasteiger partial charge is 0.268 e. The number of furan rings is 1. The first-order valence-corrected chi connectivity index (χ1v) is 11.5. The van der Waals surface area contributed by atoms with E-state index in [9.17, 15) is 9.59 Å². The third-order valence-electron chi connectivity index (χ3n) is 4.97. The van der Waals surface area contributed by atoms with Crippen LogP contribution in [0.15, 0.2) is 82.3 Å². The summed E-state index contributed by atoms with van der Waals surface area (Å²) in [5, 5.41) is 0. The van der Waals surface area contributed by atoms with Crippen LogP contribution in [0.1, 0.15) is 30.7 Å². The van der Waals surface area contributed by atoms with Gasteiger partial charge in [0.05, 0.1) is 29.9 Å². The topological polar surface area (TPSA) is 59.8 Å². The van der Waals surface area contributed by atoms with Gasteiger partial charge in [-0.2, -0.15) is 0 Å². The van der Waals surface area contributed by atoms with Crippen molar-refractivity contribution in [1.29, 1.82) is 0 Å². The van der Waals surface area contributed by atoms with Crippen LogP contribution in [0.5, 0.6) is 5.75 Å². The maximum absolute atomic E-state index is 13.3. The number of thioether (sulfide) groups is 1. The van der Waals surface area contributed by atoms with Crippen LogP contribution in [0.25, 0.3) is 5.57 Å². The van der Waals surface area contributed by atoms with Gasteiger partial charge in [-0.15, -0.1) is 11.8 Å². The van der Waals surface area contributed by atoms with E-state index in [0.29, 0.717) is 40.1 Å².